The van der Waals surface area contributed by atoms with Crippen molar-refractivity contribution in [2.24, 2.45) is 0 Å². The van der Waals surface area contributed by atoms with Crippen LogP contribution in [0.1, 0.15) is 12.5 Å². The van der Waals surface area contributed by atoms with E-state index in [1.165, 1.54) is 0 Å². The van der Waals surface area contributed by atoms with Crippen molar-refractivity contribution in [3.8, 4) is 0 Å². The highest BCUT2D eigenvalue weighted by molar-refractivity contribution is 7.88. The fourth-order valence-electron chi connectivity index (χ4n) is 1.000. The van der Waals surface area contributed by atoms with Crippen LogP contribution in [0.5, 0.6) is 0 Å². The minimum absolute atomic E-state index is 0.156. The zero-order valence-corrected chi connectivity index (χ0v) is 9.04. The Morgan fingerprint density at radius 2 is 1.87 bits per heavy atom. The van der Waals surface area contributed by atoms with Gasteiger partial charge in [-0.15, -0.1) is 0 Å². The van der Waals surface area contributed by atoms with Gasteiger partial charge in [-0.25, -0.2) is 4.72 Å². The van der Waals surface area contributed by atoms with E-state index >= 15 is 0 Å². The van der Waals surface area contributed by atoms with E-state index in [1.54, 1.807) is 12.1 Å². The fourth-order valence-corrected chi connectivity index (χ4v) is 1.81. The maximum absolute atomic E-state index is 11.2. The van der Waals surface area contributed by atoms with Crippen molar-refractivity contribution < 1.29 is 13.2 Å². The van der Waals surface area contributed by atoms with Crippen molar-refractivity contribution in [2.75, 3.05) is 0 Å². The molecule has 15 heavy (non-hydrogen) atoms. The molecule has 0 bridgehead atoms. The third-order valence-electron chi connectivity index (χ3n) is 1.59. The van der Waals surface area contributed by atoms with Crippen LogP contribution < -0.4 is 9.44 Å². The molecule has 0 aromatic heterocycles. The SMILES string of the molecule is CC(=O)NS(=O)(=O)NCc1ccccc1. The number of carbonyl (C=O) groups excluding carboxylic acids is 1. The smallest absolute Gasteiger partial charge is 0.274 e. The van der Waals surface area contributed by atoms with E-state index in [0.29, 0.717) is 0 Å². The van der Waals surface area contributed by atoms with E-state index in [0.717, 1.165) is 12.5 Å². The van der Waals surface area contributed by atoms with Crippen LogP contribution in [0.25, 0.3) is 0 Å². The Labute approximate surface area is 88.7 Å². The molecule has 0 saturated carbocycles. The van der Waals surface area contributed by atoms with E-state index in [2.05, 4.69) is 4.72 Å². The molecule has 2 N–H and O–H groups in total. The third kappa shape index (κ3) is 4.57. The van der Waals surface area contributed by atoms with Gasteiger partial charge in [0.2, 0.25) is 5.91 Å². The molecule has 0 heterocycles. The van der Waals surface area contributed by atoms with E-state index in [-0.39, 0.29) is 6.54 Å². The Bertz CT molecular complexity index is 428. The first kappa shape index (κ1) is 11.7. The first-order valence-corrected chi connectivity index (χ1v) is 5.80. The zero-order valence-electron chi connectivity index (χ0n) is 8.23. The number of amides is 1. The second-order valence-electron chi connectivity index (χ2n) is 2.97. The molecular formula is C9H12N2O3S. The first-order valence-electron chi connectivity index (χ1n) is 4.31. The lowest BCUT2D eigenvalue weighted by Gasteiger charge is -2.06. The minimum atomic E-state index is -3.73. The van der Waals surface area contributed by atoms with E-state index in [4.69, 9.17) is 0 Å². The molecule has 0 spiro atoms. The van der Waals surface area contributed by atoms with Crippen molar-refractivity contribution in [1.29, 1.82) is 0 Å². The maximum Gasteiger partial charge on any atom is 0.301 e. The Kier molecular flexibility index (Phi) is 3.81. The van der Waals surface area contributed by atoms with Crippen LogP contribution in [0.4, 0.5) is 0 Å². The summed E-state index contributed by atoms with van der Waals surface area (Å²) in [7, 11) is -3.73. The second kappa shape index (κ2) is 4.90. The van der Waals surface area contributed by atoms with Gasteiger partial charge in [-0.1, -0.05) is 30.3 Å². The normalized spacial score (nSPS) is 11.0. The van der Waals surface area contributed by atoms with Crippen molar-refractivity contribution in [3.05, 3.63) is 35.9 Å². The van der Waals surface area contributed by atoms with Gasteiger partial charge in [-0.3, -0.25) is 4.79 Å². The largest absolute Gasteiger partial charge is 0.301 e. The van der Waals surface area contributed by atoms with Gasteiger partial charge in [0.15, 0.2) is 0 Å². The summed E-state index contributed by atoms with van der Waals surface area (Å²) in [6.07, 6.45) is 0. The van der Waals surface area contributed by atoms with Crippen molar-refractivity contribution >= 4 is 16.1 Å². The molecule has 5 nitrogen and oxygen atoms in total. The average molecular weight is 228 g/mol. The highest BCUT2D eigenvalue weighted by atomic mass is 32.2. The standard InChI is InChI=1S/C9H12N2O3S/c1-8(12)11-15(13,14)10-7-9-5-3-2-4-6-9/h2-6,10H,7H2,1H3,(H,11,12). The Hall–Kier alpha value is -1.40. The molecule has 1 aromatic rings. The quantitative estimate of drug-likeness (QED) is 0.770. The number of hydrogen-bond acceptors (Lipinski definition) is 3. The Morgan fingerprint density at radius 1 is 1.27 bits per heavy atom. The fraction of sp³-hybridized carbons (Fsp3) is 0.222. The van der Waals surface area contributed by atoms with Crippen LogP contribution >= 0.6 is 0 Å². The minimum Gasteiger partial charge on any atom is -0.274 e. The first-order chi connectivity index (χ1) is 6.99. The van der Waals surface area contributed by atoms with Crippen LogP contribution in [-0.2, 0) is 21.5 Å². The number of nitrogens with one attached hydrogen (secondary N) is 2. The molecule has 82 valence electrons. The third-order valence-corrected chi connectivity index (χ3v) is 2.67. The average Bonchev–Trinajstić information content (AvgIpc) is 2.15. The monoisotopic (exact) mass is 228 g/mol. The van der Waals surface area contributed by atoms with E-state index < -0.39 is 16.1 Å². The number of rotatable bonds is 4. The predicted octanol–water partition coefficient (Wildman–Crippen LogP) is 0.157. The van der Waals surface area contributed by atoms with E-state index in [1.807, 2.05) is 22.9 Å². The number of hydrogen-bond donors (Lipinski definition) is 2. The summed E-state index contributed by atoms with van der Waals surface area (Å²) in [6.45, 7) is 1.30. The molecule has 0 aliphatic rings. The maximum atomic E-state index is 11.2. The summed E-state index contributed by atoms with van der Waals surface area (Å²) >= 11 is 0. The lowest BCUT2D eigenvalue weighted by Crippen LogP contribution is -2.38. The molecule has 1 amide bonds. The lowest BCUT2D eigenvalue weighted by molar-refractivity contribution is -0.117. The van der Waals surface area contributed by atoms with Gasteiger partial charge in [-0.2, -0.15) is 13.1 Å². The van der Waals surface area contributed by atoms with Crippen LogP contribution in [0.2, 0.25) is 0 Å². The van der Waals surface area contributed by atoms with E-state index in [9.17, 15) is 13.2 Å². The molecule has 0 unspecified atom stereocenters. The summed E-state index contributed by atoms with van der Waals surface area (Å²) in [5, 5.41) is 0. The van der Waals surface area contributed by atoms with Crippen molar-refractivity contribution in [1.82, 2.24) is 9.44 Å². The van der Waals surface area contributed by atoms with Crippen LogP contribution in [0.15, 0.2) is 30.3 Å². The lowest BCUT2D eigenvalue weighted by atomic mass is 10.2. The molecular weight excluding hydrogens is 216 g/mol. The number of benzene rings is 1. The summed E-state index contributed by atoms with van der Waals surface area (Å²) in [6, 6.07) is 9.03. The second-order valence-corrected chi connectivity index (χ2v) is 4.47. The predicted molar refractivity (Wildman–Crippen MR) is 56.0 cm³/mol. The molecule has 0 aliphatic heterocycles. The molecule has 1 aromatic carbocycles. The molecule has 0 atom stereocenters. The molecule has 0 aliphatic carbocycles. The van der Waals surface area contributed by atoms with Gasteiger partial charge < -0.3 is 0 Å². The van der Waals surface area contributed by atoms with Gasteiger partial charge >= 0.3 is 10.2 Å². The molecule has 1 rings (SSSR count). The van der Waals surface area contributed by atoms with Crippen LogP contribution in [0.3, 0.4) is 0 Å². The van der Waals surface area contributed by atoms with Gasteiger partial charge in [-0.05, 0) is 5.56 Å². The Morgan fingerprint density at radius 3 is 2.40 bits per heavy atom. The highest BCUT2D eigenvalue weighted by Crippen LogP contribution is 1.97. The van der Waals surface area contributed by atoms with Crippen molar-refractivity contribution in [3.63, 3.8) is 0 Å². The zero-order chi connectivity index (χ0) is 11.3. The highest BCUT2D eigenvalue weighted by Gasteiger charge is 2.09. The topological polar surface area (TPSA) is 75.3 Å². The van der Waals surface area contributed by atoms with Gasteiger partial charge in [0.1, 0.15) is 0 Å². The summed E-state index contributed by atoms with van der Waals surface area (Å²) < 4.78 is 26.4. The number of carbonyl (C=O) groups is 1. The molecule has 0 radical (unpaired) electrons. The summed E-state index contributed by atoms with van der Waals surface area (Å²) in [4.78, 5) is 10.5. The van der Waals surface area contributed by atoms with Crippen LogP contribution in [0, 0.1) is 0 Å². The van der Waals surface area contributed by atoms with Crippen LogP contribution in [-0.4, -0.2) is 14.3 Å². The van der Waals surface area contributed by atoms with Gasteiger partial charge in [0.05, 0.1) is 0 Å². The van der Waals surface area contributed by atoms with Gasteiger partial charge in [0, 0.05) is 13.5 Å². The summed E-state index contributed by atoms with van der Waals surface area (Å²) in [5.41, 5.74) is 0.825. The molecule has 0 fully saturated rings. The Balaban J connectivity index is 2.54. The molecule has 6 heteroatoms. The molecule has 0 saturated heterocycles. The summed E-state index contributed by atoms with van der Waals surface area (Å²) in [5.74, 6) is -0.615. The van der Waals surface area contributed by atoms with Crippen molar-refractivity contribution in [2.45, 2.75) is 13.5 Å². The van der Waals surface area contributed by atoms with Gasteiger partial charge in [0.25, 0.3) is 0 Å².